The Kier molecular flexibility index (Phi) is 2.37. The van der Waals surface area contributed by atoms with Crippen molar-refractivity contribution in [3.63, 3.8) is 0 Å². The summed E-state index contributed by atoms with van der Waals surface area (Å²) in [4.78, 5) is 7.47. The Balaban J connectivity index is 2.99. The molecule has 5 nitrogen and oxygen atoms in total. The van der Waals surface area contributed by atoms with Crippen molar-refractivity contribution in [3.05, 3.63) is 4.80 Å². The molecule has 60 valence electrons. The third-order valence-corrected chi connectivity index (χ3v) is 1.54. The van der Waals surface area contributed by atoms with Gasteiger partial charge in [0.25, 0.3) is 5.19 Å². The van der Waals surface area contributed by atoms with Gasteiger partial charge in [0, 0.05) is 0 Å². The topological polar surface area (TPSA) is 84.9 Å². The van der Waals surface area contributed by atoms with Gasteiger partial charge >= 0.3 is 0 Å². The van der Waals surface area contributed by atoms with Gasteiger partial charge in [-0.05, 0) is 18.3 Å². The molecule has 0 aliphatic carbocycles. The molecule has 11 heavy (non-hydrogen) atoms. The lowest BCUT2D eigenvalue weighted by molar-refractivity contribution is 0.337. The highest BCUT2D eigenvalue weighted by Crippen LogP contribution is 2.08. The summed E-state index contributed by atoms with van der Waals surface area (Å²) in [7, 11) is 0. The maximum atomic E-state index is 7.16. The first kappa shape index (κ1) is 7.93. The van der Waals surface area contributed by atoms with Gasteiger partial charge in [-0.3, -0.25) is 5.41 Å². The zero-order valence-electron chi connectivity index (χ0n) is 6.00. The minimum atomic E-state index is 0.0807. The fourth-order valence-electron chi connectivity index (χ4n) is 0.536. The number of hydrogen-bond donors (Lipinski definition) is 2. The predicted molar refractivity (Wildman–Crippen MR) is 41.3 cm³/mol. The number of ether oxygens (including phenoxy) is 1. The Labute approximate surface area is 67.4 Å². The van der Waals surface area contributed by atoms with Crippen LogP contribution >= 0.6 is 11.3 Å². The molecular weight excluding hydrogens is 164 g/mol. The van der Waals surface area contributed by atoms with E-state index in [2.05, 4.69) is 9.97 Å². The zero-order chi connectivity index (χ0) is 8.27. The molecule has 6 heteroatoms. The Bertz CT molecular complexity index is 297. The van der Waals surface area contributed by atoms with Crippen molar-refractivity contribution in [2.75, 3.05) is 12.3 Å². The number of aromatic nitrogens is 2. The van der Waals surface area contributed by atoms with E-state index in [1.807, 2.05) is 6.92 Å². The van der Waals surface area contributed by atoms with Crippen molar-refractivity contribution < 1.29 is 4.74 Å². The van der Waals surface area contributed by atoms with E-state index in [9.17, 15) is 0 Å². The molecule has 0 unspecified atom stereocenters. The molecule has 0 radical (unpaired) electrons. The van der Waals surface area contributed by atoms with E-state index >= 15 is 0 Å². The summed E-state index contributed by atoms with van der Waals surface area (Å²) < 4.78 is 5.03. The third kappa shape index (κ3) is 2.15. The van der Waals surface area contributed by atoms with Gasteiger partial charge in [-0.25, -0.2) is 0 Å². The van der Waals surface area contributed by atoms with Gasteiger partial charge in [0.15, 0.2) is 0 Å². The second-order valence-corrected chi connectivity index (χ2v) is 2.63. The van der Waals surface area contributed by atoms with E-state index in [4.69, 9.17) is 15.9 Å². The summed E-state index contributed by atoms with van der Waals surface area (Å²) >= 11 is 1.06. The van der Waals surface area contributed by atoms with E-state index in [0.717, 1.165) is 11.3 Å². The van der Waals surface area contributed by atoms with E-state index in [1.54, 1.807) is 0 Å². The normalized spacial score (nSPS) is 9.55. The molecule has 0 aromatic carbocycles. The Morgan fingerprint density at radius 2 is 2.36 bits per heavy atom. The molecule has 1 aromatic rings. The van der Waals surface area contributed by atoms with Gasteiger partial charge in [0.2, 0.25) is 10.7 Å². The molecule has 0 aliphatic rings. The van der Waals surface area contributed by atoms with E-state index < -0.39 is 0 Å². The second-order valence-electron chi connectivity index (χ2n) is 1.69. The first-order valence-electron chi connectivity index (χ1n) is 3.04. The lowest BCUT2D eigenvalue weighted by Crippen LogP contribution is -2.08. The fourth-order valence-corrected chi connectivity index (χ4v) is 1.16. The highest BCUT2D eigenvalue weighted by atomic mass is 32.1. The Morgan fingerprint density at radius 1 is 1.64 bits per heavy atom. The zero-order valence-corrected chi connectivity index (χ0v) is 6.81. The maximum absolute atomic E-state index is 7.16. The van der Waals surface area contributed by atoms with Crippen LogP contribution in [0.4, 0.5) is 5.95 Å². The fraction of sp³-hybridized carbons (Fsp3) is 0.400. The molecule has 1 aromatic heterocycles. The monoisotopic (exact) mass is 172 g/mol. The molecule has 3 N–H and O–H groups in total. The molecule has 0 atom stereocenters. The number of nitrogen functional groups attached to an aromatic ring is 1. The van der Waals surface area contributed by atoms with Gasteiger partial charge in [-0.15, -0.1) is 0 Å². The summed E-state index contributed by atoms with van der Waals surface area (Å²) in [5, 5.41) is 7.56. The van der Waals surface area contributed by atoms with Crippen LogP contribution in [0.2, 0.25) is 0 Å². The second kappa shape index (κ2) is 3.29. The van der Waals surface area contributed by atoms with Gasteiger partial charge < -0.3 is 10.5 Å². The van der Waals surface area contributed by atoms with Crippen molar-refractivity contribution in [2.24, 2.45) is 0 Å². The van der Waals surface area contributed by atoms with Crippen molar-refractivity contribution >= 4 is 17.3 Å². The van der Waals surface area contributed by atoms with E-state index in [-0.39, 0.29) is 10.7 Å². The van der Waals surface area contributed by atoms with Crippen molar-refractivity contribution in [1.29, 1.82) is 5.41 Å². The lowest BCUT2D eigenvalue weighted by Gasteiger charge is -1.98. The van der Waals surface area contributed by atoms with Crippen LogP contribution in [0.25, 0.3) is 0 Å². The van der Waals surface area contributed by atoms with Crippen molar-refractivity contribution in [1.82, 2.24) is 9.97 Å². The van der Waals surface area contributed by atoms with Gasteiger partial charge in [0.1, 0.15) is 0 Å². The van der Waals surface area contributed by atoms with Gasteiger partial charge in [-0.2, -0.15) is 9.97 Å². The van der Waals surface area contributed by atoms with E-state index in [0.29, 0.717) is 11.8 Å². The molecule has 0 amide bonds. The Morgan fingerprint density at radius 3 is 2.91 bits per heavy atom. The average Bonchev–Trinajstić information content (AvgIpc) is 1.85. The van der Waals surface area contributed by atoms with Crippen LogP contribution in [0, 0.1) is 5.41 Å². The number of anilines is 1. The highest BCUT2D eigenvalue weighted by molar-refractivity contribution is 7.10. The number of nitrogens with two attached hydrogens (primary N) is 1. The van der Waals surface area contributed by atoms with Crippen molar-refractivity contribution in [3.8, 4) is 5.19 Å². The smallest absolute Gasteiger partial charge is 0.279 e. The lowest BCUT2D eigenvalue weighted by atomic mass is 10.9. The predicted octanol–water partition coefficient (Wildman–Crippen LogP) is -0.00153. The number of nitrogens with zero attached hydrogens (tertiary/aromatic N) is 2. The summed E-state index contributed by atoms with van der Waals surface area (Å²) in [6, 6.07) is 0. The first-order chi connectivity index (χ1) is 5.22. The summed E-state index contributed by atoms with van der Waals surface area (Å²) in [6.07, 6.45) is 0. The number of nitrogens with one attached hydrogen (secondary N) is 1. The molecule has 0 spiro atoms. The summed E-state index contributed by atoms with van der Waals surface area (Å²) in [5.41, 5.74) is 5.27. The molecule has 0 saturated carbocycles. The first-order valence-corrected chi connectivity index (χ1v) is 3.86. The number of hydrogen-bond acceptors (Lipinski definition) is 6. The molecule has 0 aliphatic heterocycles. The van der Waals surface area contributed by atoms with Gasteiger partial charge in [0.05, 0.1) is 6.61 Å². The molecule has 1 heterocycles. The molecule has 0 saturated heterocycles. The summed E-state index contributed by atoms with van der Waals surface area (Å²) in [6.45, 7) is 2.36. The van der Waals surface area contributed by atoms with E-state index in [1.165, 1.54) is 0 Å². The average molecular weight is 172 g/mol. The SMILES string of the molecule is CCOc1nc(N)nc(=N)s1. The van der Waals surface area contributed by atoms with Crippen LogP contribution in [0.3, 0.4) is 0 Å². The quantitative estimate of drug-likeness (QED) is 0.657. The standard InChI is InChI=1S/C5H8N4OS/c1-2-10-5-9-3(6)8-4(7)11-5/h2H2,1H3,(H3,6,7,8). The van der Waals surface area contributed by atoms with Crippen LogP contribution < -0.4 is 15.3 Å². The van der Waals surface area contributed by atoms with Crippen molar-refractivity contribution in [2.45, 2.75) is 6.92 Å². The largest absolute Gasteiger partial charge is 0.470 e. The molecule has 0 fully saturated rings. The molecule has 1 rings (SSSR count). The van der Waals surface area contributed by atoms with Gasteiger partial charge in [-0.1, -0.05) is 0 Å². The highest BCUT2D eigenvalue weighted by Gasteiger charge is 1.97. The van der Waals surface area contributed by atoms with Crippen LogP contribution in [0.5, 0.6) is 5.19 Å². The summed E-state index contributed by atoms with van der Waals surface area (Å²) in [5.74, 6) is 0.0807. The maximum Gasteiger partial charge on any atom is 0.279 e. The van der Waals surface area contributed by atoms with Crippen LogP contribution in [-0.4, -0.2) is 16.6 Å². The minimum Gasteiger partial charge on any atom is -0.470 e. The third-order valence-electron chi connectivity index (χ3n) is 0.874. The minimum absolute atomic E-state index is 0.0807. The molecule has 0 bridgehead atoms. The van der Waals surface area contributed by atoms with Crippen LogP contribution in [-0.2, 0) is 0 Å². The van der Waals surface area contributed by atoms with Crippen LogP contribution in [0.15, 0.2) is 0 Å². The number of rotatable bonds is 2. The Hall–Kier alpha value is -1.17. The molecular formula is C5H8N4OS. The van der Waals surface area contributed by atoms with Crippen LogP contribution in [0.1, 0.15) is 6.92 Å².